The quantitative estimate of drug-likeness (QED) is 0.804. The minimum atomic E-state index is -0.895. The second-order valence-electron chi connectivity index (χ2n) is 7.20. The summed E-state index contributed by atoms with van der Waals surface area (Å²) in [5, 5.41) is 11.9. The van der Waals surface area contributed by atoms with Crippen molar-refractivity contribution in [2.75, 3.05) is 11.9 Å². The lowest BCUT2D eigenvalue weighted by atomic mass is 10.0. The number of likely N-dealkylation sites (tertiary alicyclic amines) is 1. The lowest BCUT2D eigenvalue weighted by molar-refractivity contribution is -0.138. The van der Waals surface area contributed by atoms with E-state index in [0.717, 1.165) is 5.56 Å². The summed E-state index contributed by atoms with van der Waals surface area (Å²) >= 11 is 0. The van der Waals surface area contributed by atoms with Crippen molar-refractivity contribution in [3.05, 3.63) is 65.7 Å². The number of amides is 2. The minimum Gasteiger partial charge on any atom is -0.481 e. The molecular weight excluding hydrogens is 356 g/mol. The number of carboxylic acid groups (broad SMARTS) is 1. The van der Waals surface area contributed by atoms with Crippen LogP contribution in [-0.4, -0.2) is 34.3 Å². The fourth-order valence-electron chi connectivity index (χ4n) is 3.44. The van der Waals surface area contributed by atoms with Gasteiger partial charge in [-0.2, -0.15) is 0 Å². The molecule has 3 unspecified atom stereocenters. The number of nitrogens with one attached hydrogen (secondary N) is 1. The van der Waals surface area contributed by atoms with Gasteiger partial charge in [-0.15, -0.1) is 0 Å². The zero-order chi connectivity index (χ0) is 20.3. The zero-order valence-corrected chi connectivity index (χ0v) is 16.0. The Balaban J connectivity index is 1.62. The van der Waals surface area contributed by atoms with Crippen molar-refractivity contribution < 1.29 is 19.5 Å². The van der Waals surface area contributed by atoms with Crippen molar-refractivity contribution in [1.82, 2.24) is 4.90 Å². The van der Waals surface area contributed by atoms with Gasteiger partial charge in [-0.25, -0.2) is 0 Å². The Labute approximate surface area is 164 Å². The van der Waals surface area contributed by atoms with Crippen molar-refractivity contribution in [1.29, 1.82) is 0 Å². The summed E-state index contributed by atoms with van der Waals surface area (Å²) in [4.78, 5) is 37.8. The van der Waals surface area contributed by atoms with Gasteiger partial charge in [-0.1, -0.05) is 42.5 Å². The first-order valence-corrected chi connectivity index (χ1v) is 9.35. The Bertz CT molecular complexity index is 864. The number of anilines is 1. The number of carbonyl (C=O) groups is 3. The summed E-state index contributed by atoms with van der Waals surface area (Å²) in [6, 6.07) is 16.4. The number of benzene rings is 2. The molecule has 3 atom stereocenters. The van der Waals surface area contributed by atoms with E-state index in [2.05, 4.69) is 5.32 Å². The van der Waals surface area contributed by atoms with E-state index in [1.165, 1.54) is 0 Å². The van der Waals surface area contributed by atoms with Crippen LogP contribution in [0.3, 0.4) is 0 Å². The maximum Gasteiger partial charge on any atom is 0.310 e. The number of hydrogen-bond acceptors (Lipinski definition) is 3. The third-order valence-electron chi connectivity index (χ3n) is 5.33. The molecular formula is C22H24N2O4. The van der Waals surface area contributed by atoms with E-state index < -0.39 is 17.8 Å². The average molecular weight is 380 g/mol. The van der Waals surface area contributed by atoms with E-state index >= 15 is 0 Å². The van der Waals surface area contributed by atoms with Gasteiger partial charge < -0.3 is 15.3 Å². The van der Waals surface area contributed by atoms with Crippen LogP contribution in [0.5, 0.6) is 0 Å². The monoisotopic (exact) mass is 380 g/mol. The number of carbonyl (C=O) groups excluding carboxylic acids is 2. The largest absolute Gasteiger partial charge is 0.481 e. The van der Waals surface area contributed by atoms with Gasteiger partial charge in [0.1, 0.15) is 0 Å². The molecule has 2 amide bonds. The van der Waals surface area contributed by atoms with Crippen LogP contribution in [0.25, 0.3) is 0 Å². The molecule has 1 aliphatic heterocycles. The Morgan fingerprint density at radius 3 is 2.29 bits per heavy atom. The van der Waals surface area contributed by atoms with Gasteiger partial charge in [0.25, 0.3) is 0 Å². The Hall–Kier alpha value is -3.15. The van der Waals surface area contributed by atoms with E-state index in [4.69, 9.17) is 5.11 Å². The summed E-state index contributed by atoms with van der Waals surface area (Å²) in [6.07, 6.45) is 0.192. The standard InChI is InChI=1S/C22H24N2O4/c1-14(22(27)28)16-8-10-19(11-9-16)23-21(26)18-12-20(25)24(13-18)15(2)17-6-4-3-5-7-17/h3-11,14-15,18H,12-13H2,1-2H3,(H,23,26)(H,27,28). The first kappa shape index (κ1) is 19.6. The maximum atomic E-state index is 12.6. The van der Waals surface area contributed by atoms with Crippen LogP contribution < -0.4 is 5.32 Å². The highest BCUT2D eigenvalue weighted by atomic mass is 16.4. The van der Waals surface area contributed by atoms with Crippen LogP contribution in [0.2, 0.25) is 0 Å². The molecule has 0 spiro atoms. The predicted octanol–water partition coefficient (Wildman–Crippen LogP) is 3.42. The molecule has 1 aliphatic rings. The molecule has 3 rings (SSSR count). The van der Waals surface area contributed by atoms with Crippen molar-refractivity contribution in [3.63, 3.8) is 0 Å². The molecule has 0 aromatic heterocycles. The van der Waals surface area contributed by atoms with Gasteiger partial charge in [-0.05, 0) is 37.1 Å². The molecule has 6 nitrogen and oxygen atoms in total. The van der Waals surface area contributed by atoms with Crippen molar-refractivity contribution in [2.45, 2.75) is 32.2 Å². The van der Waals surface area contributed by atoms with Crippen molar-refractivity contribution in [2.24, 2.45) is 5.92 Å². The van der Waals surface area contributed by atoms with Gasteiger partial charge in [0.05, 0.1) is 17.9 Å². The average Bonchev–Trinajstić information content (AvgIpc) is 3.10. The van der Waals surface area contributed by atoms with E-state index in [0.29, 0.717) is 17.8 Å². The zero-order valence-electron chi connectivity index (χ0n) is 16.0. The minimum absolute atomic E-state index is 0.0258. The molecule has 0 radical (unpaired) electrons. The van der Waals surface area contributed by atoms with Gasteiger partial charge >= 0.3 is 5.97 Å². The molecule has 6 heteroatoms. The fourth-order valence-corrected chi connectivity index (χ4v) is 3.44. The van der Waals surface area contributed by atoms with E-state index in [9.17, 15) is 14.4 Å². The molecule has 2 aromatic rings. The third-order valence-corrected chi connectivity index (χ3v) is 5.33. The number of rotatable bonds is 6. The van der Waals surface area contributed by atoms with Gasteiger partial charge in [0, 0.05) is 18.7 Å². The van der Waals surface area contributed by atoms with Crippen molar-refractivity contribution >= 4 is 23.5 Å². The van der Waals surface area contributed by atoms with E-state index in [1.807, 2.05) is 37.3 Å². The predicted molar refractivity (Wildman–Crippen MR) is 106 cm³/mol. The molecule has 0 aliphatic carbocycles. The molecule has 146 valence electrons. The third kappa shape index (κ3) is 4.22. The fraction of sp³-hybridized carbons (Fsp3) is 0.318. The second-order valence-corrected chi connectivity index (χ2v) is 7.20. The first-order chi connectivity index (χ1) is 13.4. The number of aliphatic carboxylic acids is 1. The molecule has 28 heavy (non-hydrogen) atoms. The number of nitrogens with zero attached hydrogens (tertiary/aromatic N) is 1. The molecule has 2 aromatic carbocycles. The Morgan fingerprint density at radius 2 is 1.68 bits per heavy atom. The lowest BCUT2D eigenvalue weighted by Crippen LogP contribution is -2.30. The van der Waals surface area contributed by atoms with Crippen LogP contribution in [0, 0.1) is 5.92 Å². The van der Waals surface area contributed by atoms with Gasteiger partial charge in [0.2, 0.25) is 11.8 Å². The van der Waals surface area contributed by atoms with Gasteiger partial charge in [-0.3, -0.25) is 14.4 Å². The van der Waals surface area contributed by atoms with E-state index in [-0.39, 0.29) is 24.3 Å². The second kappa shape index (κ2) is 8.25. The molecule has 2 N–H and O–H groups in total. The van der Waals surface area contributed by atoms with E-state index in [1.54, 1.807) is 36.1 Å². The highest BCUT2D eigenvalue weighted by molar-refractivity contribution is 5.97. The number of carboxylic acids is 1. The van der Waals surface area contributed by atoms with Crippen molar-refractivity contribution in [3.8, 4) is 0 Å². The number of hydrogen-bond donors (Lipinski definition) is 2. The van der Waals surface area contributed by atoms with Crippen LogP contribution in [0.1, 0.15) is 43.4 Å². The summed E-state index contributed by atoms with van der Waals surface area (Å²) in [5.41, 5.74) is 2.30. The first-order valence-electron chi connectivity index (χ1n) is 9.35. The smallest absolute Gasteiger partial charge is 0.310 e. The maximum absolute atomic E-state index is 12.6. The summed E-state index contributed by atoms with van der Waals surface area (Å²) in [6.45, 7) is 3.97. The topological polar surface area (TPSA) is 86.7 Å². The van der Waals surface area contributed by atoms with Crippen LogP contribution in [0.4, 0.5) is 5.69 Å². The highest BCUT2D eigenvalue weighted by Gasteiger charge is 2.37. The Kier molecular flexibility index (Phi) is 5.78. The molecule has 0 bridgehead atoms. The SMILES string of the molecule is CC(C(=O)O)c1ccc(NC(=O)C2CC(=O)N(C(C)c3ccccc3)C2)cc1. The highest BCUT2D eigenvalue weighted by Crippen LogP contribution is 2.29. The molecule has 1 fully saturated rings. The van der Waals surface area contributed by atoms with Crippen LogP contribution in [-0.2, 0) is 14.4 Å². The van der Waals surface area contributed by atoms with Crippen LogP contribution >= 0.6 is 0 Å². The normalized spacial score (nSPS) is 18.6. The Morgan fingerprint density at radius 1 is 1.04 bits per heavy atom. The van der Waals surface area contributed by atoms with Crippen LogP contribution in [0.15, 0.2) is 54.6 Å². The summed E-state index contributed by atoms with van der Waals surface area (Å²) in [5.74, 6) is -2.13. The van der Waals surface area contributed by atoms with Gasteiger partial charge in [0.15, 0.2) is 0 Å². The molecule has 1 saturated heterocycles. The molecule has 0 saturated carbocycles. The summed E-state index contributed by atoms with van der Waals surface area (Å²) in [7, 11) is 0. The summed E-state index contributed by atoms with van der Waals surface area (Å²) < 4.78 is 0. The molecule has 1 heterocycles. The lowest BCUT2D eigenvalue weighted by Gasteiger charge is -2.25.